The van der Waals surface area contributed by atoms with Crippen molar-refractivity contribution in [3.63, 3.8) is 0 Å². The summed E-state index contributed by atoms with van der Waals surface area (Å²) in [6.07, 6.45) is 3.31. The Balaban J connectivity index is 1.94. The number of hydrogen-bond donors (Lipinski definition) is 1. The fraction of sp³-hybridized carbons (Fsp3) is 0.500. The van der Waals surface area contributed by atoms with Gasteiger partial charge >= 0.3 is 0 Å². The normalized spacial score (nSPS) is 11.2. The second-order valence-corrected chi connectivity index (χ2v) is 9.43. The molecule has 0 aliphatic heterocycles. The number of rotatable bonds is 12. The summed E-state index contributed by atoms with van der Waals surface area (Å²) in [6, 6.07) is 13.4. The molecule has 0 fully saturated rings. The number of carbonyl (C=O) groups excluding carboxylic acids is 2. The number of anilines is 1. The van der Waals surface area contributed by atoms with Gasteiger partial charge in [-0.15, -0.1) is 0 Å². The molecule has 33 heavy (non-hydrogen) atoms. The average molecular weight is 453 g/mol. The number of amides is 2. The van der Waals surface area contributed by atoms with E-state index in [1.807, 2.05) is 56.9 Å². The first-order valence-corrected chi connectivity index (χ1v) is 12.1. The van der Waals surface area contributed by atoms with Crippen LogP contribution in [0.4, 0.5) is 5.69 Å². The summed E-state index contributed by atoms with van der Waals surface area (Å²) < 4.78 is 5.94. The molecule has 2 aromatic carbocycles. The van der Waals surface area contributed by atoms with Gasteiger partial charge in [-0.05, 0) is 74.9 Å². The molecular weight excluding hydrogens is 412 g/mol. The molecular formula is C28H40N2O3. The average Bonchev–Trinajstić information content (AvgIpc) is 2.78. The summed E-state index contributed by atoms with van der Waals surface area (Å²) in [7, 11) is 0. The SMILES string of the molecule is CCCN(CCC)C(=O)c1cccc(NC(=O)C(C)(C)CCCOc2cc(C)ccc2C)c1. The van der Waals surface area contributed by atoms with E-state index in [0.717, 1.165) is 43.7 Å². The summed E-state index contributed by atoms with van der Waals surface area (Å²) in [5.41, 5.74) is 2.99. The lowest BCUT2D eigenvalue weighted by Crippen LogP contribution is -2.33. The van der Waals surface area contributed by atoms with Gasteiger partial charge in [0.05, 0.1) is 6.61 Å². The zero-order chi connectivity index (χ0) is 24.4. The van der Waals surface area contributed by atoms with Crippen LogP contribution >= 0.6 is 0 Å². The zero-order valence-corrected chi connectivity index (χ0v) is 21.2. The molecule has 0 bridgehead atoms. The van der Waals surface area contributed by atoms with Crippen LogP contribution < -0.4 is 10.1 Å². The van der Waals surface area contributed by atoms with Crippen LogP contribution in [0.15, 0.2) is 42.5 Å². The maximum atomic E-state index is 13.0. The molecule has 180 valence electrons. The molecule has 0 unspecified atom stereocenters. The molecule has 0 aromatic heterocycles. The molecule has 0 aliphatic rings. The minimum Gasteiger partial charge on any atom is -0.493 e. The highest BCUT2D eigenvalue weighted by atomic mass is 16.5. The first-order chi connectivity index (χ1) is 15.7. The first-order valence-electron chi connectivity index (χ1n) is 12.1. The van der Waals surface area contributed by atoms with Crippen molar-refractivity contribution in [2.24, 2.45) is 5.41 Å². The number of nitrogens with zero attached hydrogens (tertiary/aromatic N) is 1. The molecule has 0 saturated carbocycles. The Labute approximate surface area is 199 Å². The van der Waals surface area contributed by atoms with E-state index < -0.39 is 5.41 Å². The highest BCUT2D eigenvalue weighted by Crippen LogP contribution is 2.26. The van der Waals surface area contributed by atoms with Gasteiger partial charge < -0.3 is 15.0 Å². The van der Waals surface area contributed by atoms with Gasteiger partial charge in [0, 0.05) is 29.8 Å². The van der Waals surface area contributed by atoms with Crippen molar-refractivity contribution >= 4 is 17.5 Å². The number of hydrogen-bond acceptors (Lipinski definition) is 3. The molecule has 0 spiro atoms. The van der Waals surface area contributed by atoms with Crippen LogP contribution in [0.2, 0.25) is 0 Å². The number of ether oxygens (including phenoxy) is 1. The van der Waals surface area contributed by atoms with Crippen LogP contribution in [-0.2, 0) is 4.79 Å². The van der Waals surface area contributed by atoms with Crippen molar-refractivity contribution in [3.8, 4) is 5.75 Å². The summed E-state index contributed by atoms with van der Waals surface area (Å²) in [6.45, 7) is 14.2. The van der Waals surface area contributed by atoms with Crippen LogP contribution in [0.25, 0.3) is 0 Å². The standard InChI is InChI=1S/C28H40N2O3/c1-7-16-30(17-8-2)26(31)23-11-9-12-24(20-23)29-27(32)28(5,6)15-10-18-33-25-19-21(3)13-14-22(25)4/h9,11-14,19-20H,7-8,10,15-18H2,1-6H3,(H,29,32). The predicted molar refractivity (Wildman–Crippen MR) is 136 cm³/mol. The molecule has 2 rings (SSSR count). The third-order valence-electron chi connectivity index (χ3n) is 5.80. The van der Waals surface area contributed by atoms with Crippen LogP contribution in [0, 0.1) is 19.3 Å². The van der Waals surface area contributed by atoms with Gasteiger partial charge in [-0.2, -0.15) is 0 Å². The van der Waals surface area contributed by atoms with E-state index in [2.05, 4.69) is 31.3 Å². The van der Waals surface area contributed by atoms with Crippen molar-refractivity contribution in [2.45, 2.75) is 67.2 Å². The highest BCUT2D eigenvalue weighted by Gasteiger charge is 2.27. The third kappa shape index (κ3) is 7.92. The van der Waals surface area contributed by atoms with Gasteiger partial charge in [0.25, 0.3) is 5.91 Å². The summed E-state index contributed by atoms with van der Waals surface area (Å²) in [5.74, 6) is 0.856. The molecule has 2 aromatic rings. The molecule has 5 nitrogen and oxygen atoms in total. The van der Waals surface area contributed by atoms with Crippen molar-refractivity contribution in [2.75, 3.05) is 25.0 Å². The fourth-order valence-corrected chi connectivity index (χ4v) is 3.74. The smallest absolute Gasteiger partial charge is 0.253 e. The number of carbonyl (C=O) groups is 2. The van der Waals surface area contributed by atoms with E-state index in [0.29, 0.717) is 24.3 Å². The van der Waals surface area contributed by atoms with Crippen LogP contribution in [0.1, 0.15) is 74.9 Å². The molecule has 1 N–H and O–H groups in total. The number of benzene rings is 2. The third-order valence-corrected chi connectivity index (χ3v) is 5.80. The van der Waals surface area contributed by atoms with E-state index >= 15 is 0 Å². The molecule has 0 saturated heterocycles. The number of aryl methyl sites for hydroxylation is 2. The second kappa shape index (κ2) is 12.4. The molecule has 0 radical (unpaired) electrons. The van der Waals surface area contributed by atoms with Gasteiger partial charge in [-0.25, -0.2) is 0 Å². The Bertz CT molecular complexity index is 930. The Hall–Kier alpha value is -2.82. The maximum absolute atomic E-state index is 13.0. The van der Waals surface area contributed by atoms with Gasteiger partial charge in [0.15, 0.2) is 0 Å². The van der Waals surface area contributed by atoms with Gasteiger partial charge in [-0.1, -0.05) is 45.9 Å². The van der Waals surface area contributed by atoms with Crippen molar-refractivity contribution in [1.29, 1.82) is 0 Å². The Kier molecular flexibility index (Phi) is 9.95. The Morgan fingerprint density at radius 2 is 1.70 bits per heavy atom. The minimum absolute atomic E-state index is 0.0117. The number of nitrogens with one attached hydrogen (secondary N) is 1. The van der Waals surface area contributed by atoms with Gasteiger partial charge in [-0.3, -0.25) is 9.59 Å². The summed E-state index contributed by atoms with van der Waals surface area (Å²) in [5, 5.41) is 3.01. The van der Waals surface area contributed by atoms with Gasteiger partial charge in [0.1, 0.15) is 5.75 Å². The lowest BCUT2D eigenvalue weighted by atomic mass is 9.87. The monoisotopic (exact) mass is 452 g/mol. The van der Waals surface area contributed by atoms with Crippen LogP contribution in [-0.4, -0.2) is 36.4 Å². The topological polar surface area (TPSA) is 58.6 Å². The maximum Gasteiger partial charge on any atom is 0.253 e. The zero-order valence-electron chi connectivity index (χ0n) is 21.2. The Morgan fingerprint density at radius 1 is 1.00 bits per heavy atom. The second-order valence-electron chi connectivity index (χ2n) is 9.43. The molecule has 5 heteroatoms. The van der Waals surface area contributed by atoms with Crippen molar-refractivity contribution in [3.05, 3.63) is 59.2 Å². The minimum atomic E-state index is -0.554. The molecule has 2 amide bonds. The fourth-order valence-electron chi connectivity index (χ4n) is 3.74. The Morgan fingerprint density at radius 3 is 2.36 bits per heavy atom. The predicted octanol–water partition coefficient (Wildman–Crippen LogP) is 6.39. The molecule has 0 heterocycles. The highest BCUT2D eigenvalue weighted by molar-refractivity contribution is 5.98. The summed E-state index contributed by atoms with van der Waals surface area (Å²) in [4.78, 5) is 27.7. The van der Waals surface area contributed by atoms with Crippen LogP contribution in [0.5, 0.6) is 5.75 Å². The molecule has 0 atom stereocenters. The van der Waals surface area contributed by atoms with Gasteiger partial charge in [0.2, 0.25) is 5.91 Å². The van der Waals surface area contributed by atoms with E-state index in [-0.39, 0.29) is 11.8 Å². The summed E-state index contributed by atoms with van der Waals surface area (Å²) >= 11 is 0. The van der Waals surface area contributed by atoms with E-state index in [9.17, 15) is 9.59 Å². The van der Waals surface area contributed by atoms with E-state index in [1.54, 1.807) is 6.07 Å². The van der Waals surface area contributed by atoms with Crippen molar-refractivity contribution < 1.29 is 14.3 Å². The lowest BCUT2D eigenvalue weighted by molar-refractivity contribution is -0.124. The first kappa shape index (κ1) is 26.4. The van der Waals surface area contributed by atoms with E-state index in [4.69, 9.17) is 4.74 Å². The van der Waals surface area contributed by atoms with Crippen molar-refractivity contribution in [1.82, 2.24) is 4.90 Å². The largest absolute Gasteiger partial charge is 0.493 e. The lowest BCUT2D eigenvalue weighted by Gasteiger charge is -2.24. The quantitative estimate of drug-likeness (QED) is 0.380. The van der Waals surface area contributed by atoms with E-state index in [1.165, 1.54) is 5.56 Å². The van der Waals surface area contributed by atoms with Crippen LogP contribution in [0.3, 0.4) is 0 Å². The molecule has 0 aliphatic carbocycles.